The molecule has 1 aliphatic heterocycles. The first-order valence-electron chi connectivity index (χ1n) is 10.8. The molecule has 1 saturated heterocycles. The molecule has 1 aromatic carbocycles. The number of carbonyl (C=O) groups excluding carboxylic acids is 2. The van der Waals surface area contributed by atoms with Crippen LogP contribution < -0.4 is 10.6 Å². The highest BCUT2D eigenvalue weighted by molar-refractivity contribution is 5.93. The van der Waals surface area contributed by atoms with E-state index in [1.54, 1.807) is 0 Å². The Bertz CT molecular complexity index is 816. The summed E-state index contributed by atoms with van der Waals surface area (Å²) in [6, 6.07) is 7.53. The molecule has 1 aliphatic carbocycles. The van der Waals surface area contributed by atoms with Gasteiger partial charge in [-0.25, -0.2) is 0 Å². The van der Waals surface area contributed by atoms with Crippen LogP contribution in [-0.2, 0) is 16.0 Å². The van der Waals surface area contributed by atoms with Gasteiger partial charge in [0.1, 0.15) is 0 Å². The van der Waals surface area contributed by atoms with Gasteiger partial charge in [-0.15, -0.1) is 0 Å². The van der Waals surface area contributed by atoms with Crippen molar-refractivity contribution in [1.29, 1.82) is 0 Å². The Morgan fingerprint density at radius 1 is 1.04 bits per heavy atom. The third-order valence-corrected chi connectivity index (χ3v) is 6.39. The summed E-state index contributed by atoms with van der Waals surface area (Å²) < 4.78 is 0. The van der Waals surface area contributed by atoms with E-state index in [0.29, 0.717) is 6.42 Å². The van der Waals surface area contributed by atoms with Crippen LogP contribution in [0.5, 0.6) is 0 Å². The van der Waals surface area contributed by atoms with Crippen molar-refractivity contribution in [1.82, 2.24) is 15.6 Å². The Hall–Kier alpha value is -2.14. The minimum Gasteiger partial charge on any atom is -0.361 e. The number of nitrogens with one attached hydrogen (secondary N) is 3. The number of ketones is 1. The lowest BCUT2D eigenvalue weighted by Crippen LogP contribution is -2.53. The minimum absolute atomic E-state index is 0.0197. The van der Waals surface area contributed by atoms with Gasteiger partial charge in [0.15, 0.2) is 5.78 Å². The molecule has 2 atom stereocenters. The fourth-order valence-electron chi connectivity index (χ4n) is 4.76. The van der Waals surface area contributed by atoms with Gasteiger partial charge in [-0.1, -0.05) is 43.9 Å². The lowest BCUT2D eigenvalue weighted by molar-refractivity contribution is -0.131. The largest absolute Gasteiger partial charge is 0.361 e. The fourth-order valence-corrected chi connectivity index (χ4v) is 4.76. The molecule has 1 saturated carbocycles. The second-order valence-electron chi connectivity index (χ2n) is 8.36. The van der Waals surface area contributed by atoms with Gasteiger partial charge < -0.3 is 15.6 Å². The van der Waals surface area contributed by atoms with Crippen molar-refractivity contribution < 1.29 is 9.59 Å². The maximum atomic E-state index is 13.3. The number of fused-ring (bicyclic) bond motifs is 1. The fraction of sp³-hybridized carbons (Fsp3) is 0.565. The number of hydrogen-bond donors (Lipinski definition) is 3. The first-order valence-corrected chi connectivity index (χ1v) is 10.8. The molecule has 0 spiro atoms. The zero-order valence-corrected chi connectivity index (χ0v) is 16.5. The zero-order chi connectivity index (χ0) is 19.3. The number of piperidine rings is 1. The third-order valence-electron chi connectivity index (χ3n) is 6.39. The molecule has 1 amide bonds. The first kappa shape index (κ1) is 19.2. The minimum atomic E-state index is -0.446. The first-order chi connectivity index (χ1) is 13.7. The summed E-state index contributed by atoms with van der Waals surface area (Å²) in [5.74, 6) is 0.284. The normalized spacial score (nSPS) is 22.1. The van der Waals surface area contributed by atoms with E-state index in [9.17, 15) is 9.59 Å². The van der Waals surface area contributed by atoms with E-state index in [2.05, 4.69) is 21.7 Å². The standard InChI is InChI=1S/C23H31N3O2/c27-22(16-8-2-1-3-9-16)21(26-23(28)20-12-6-7-13-24-20)14-17-15-25-19-11-5-4-10-18(17)19/h4-5,10-11,15-16,20-21,24-25H,1-3,6-9,12-14H2,(H,26,28)/t20-,21-/m0/s1. The van der Waals surface area contributed by atoms with Crippen molar-refractivity contribution in [3.8, 4) is 0 Å². The molecule has 0 unspecified atom stereocenters. The molecule has 2 heterocycles. The SMILES string of the molecule is O=C(N[C@@H](Cc1c[nH]c2ccccc12)C(=O)C1CCCCC1)[C@@H]1CCCCN1. The lowest BCUT2D eigenvalue weighted by atomic mass is 9.82. The Labute approximate surface area is 166 Å². The summed E-state index contributed by atoms with van der Waals surface area (Å²) in [6.07, 6.45) is 10.9. The van der Waals surface area contributed by atoms with Gasteiger partial charge in [0.25, 0.3) is 0 Å². The van der Waals surface area contributed by atoms with E-state index in [-0.39, 0.29) is 23.7 Å². The summed E-state index contributed by atoms with van der Waals surface area (Å²) in [7, 11) is 0. The van der Waals surface area contributed by atoms with Crippen LogP contribution in [0.15, 0.2) is 30.5 Å². The highest BCUT2D eigenvalue weighted by atomic mass is 16.2. The molecule has 5 nitrogen and oxygen atoms in total. The maximum absolute atomic E-state index is 13.3. The Kier molecular flexibility index (Phi) is 6.10. The average Bonchev–Trinajstić information content (AvgIpc) is 3.17. The van der Waals surface area contributed by atoms with Gasteiger partial charge >= 0.3 is 0 Å². The van der Waals surface area contributed by atoms with Crippen LogP contribution in [0, 0.1) is 5.92 Å². The predicted octanol–water partition coefficient (Wildman–Crippen LogP) is 3.49. The van der Waals surface area contributed by atoms with Crippen molar-refractivity contribution >= 4 is 22.6 Å². The molecule has 150 valence electrons. The quantitative estimate of drug-likeness (QED) is 0.717. The topological polar surface area (TPSA) is 74.0 Å². The van der Waals surface area contributed by atoms with Gasteiger partial charge in [0.2, 0.25) is 5.91 Å². The van der Waals surface area contributed by atoms with Crippen LogP contribution in [-0.4, -0.2) is 35.3 Å². The molecule has 2 fully saturated rings. The number of rotatable bonds is 6. The molecular formula is C23H31N3O2. The molecule has 1 aromatic heterocycles. The summed E-state index contributed by atoms with van der Waals surface area (Å²) in [5.41, 5.74) is 2.17. The van der Waals surface area contributed by atoms with Crippen molar-refractivity contribution in [2.45, 2.75) is 69.9 Å². The van der Waals surface area contributed by atoms with Crippen LogP contribution in [0.2, 0.25) is 0 Å². The molecule has 2 aromatic rings. The maximum Gasteiger partial charge on any atom is 0.237 e. The van der Waals surface area contributed by atoms with E-state index in [4.69, 9.17) is 0 Å². The van der Waals surface area contributed by atoms with Crippen molar-refractivity contribution in [3.05, 3.63) is 36.0 Å². The van der Waals surface area contributed by atoms with Crippen LogP contribution >= 0.6 is 0 Å². The molecule has 5 heteroatoms. The van der Waals surface area contributed by atoms with Gasteiger partial charge in [0.05, 0.1) is 12.1 Å². The second-order valence-corrected chi connectivity index (χ2v) is 8.36. The monoisotopic (exact) mass is 381 g/mol. The number of carbonyl (C=O) groups is 2. The molecule has 4 rings (SSSR count). The molecule has 3 N–H and O–H groups in total. The molecule has 0 radical (unpaired) electrons. The average molecular weight is 382 g/mol. The van der Waals surface area contributed by atoms with Crippen molar-refractivity contribution in [3.63, 3.8) is 0 Å². The van der Waals surface area contributed by atoms with Gasteiger partial charge in [-0.3, -0.25) is 9.59 Å². The van der Waals surface area contributed by atoms with Crippen LogP contribution in [0.1, 0.15) is 56.9 Å². The lowest BCUT2D eigenvalue weighted by Gasteiger charge is -2.29. The van der Waals surface area contributed by atoms with Crippen LogP contribution in [0.3, 0.4) is 0 Å². The number of para-hydroxylation sites is 1. The Morgan fingerprint density at radius 2 is 1.82 bits per heavy atom. The smallest absolute Gasteiger partial charge is 0.237 e. The molecule has 28 heavy (non-hydrogen) atoms. The van der Waals surface area contributed by atoms with Crippen LogP contribution in [0.25, 0.3) is 10.9 Å². The third kappa shape index (κ3) is 4.30. The number of hydrogen-bond acceptors (Lipinski definition) is 3. The summed E-state index contributed by atoms with van der Waals surface area (Å²) >= 11 is 0. The summed E-state index contributed by atoms with van der Waals surface area (Å²) in [4.78, 5) is 29.5. The number of Topliss-reactive ketones (excluding diaryl/α,β-unsaturated/α-hetero) is 1. The van der Waals surface area contributed by atoms with Crippen molar-refractivity contribution in [2.24, 2.45) is 5.92 Å². The molecule has 0 bridgehead atoms. The van der Waals surface area contributed by atoms with Gasteiger partial charge in [0, 0.05) is 29.4 Å². The number of aromatic nitrogens is 1. The van der Waals surface area contributed by atoms with E-state index in [1.165, 1.54) is 6.42 Å². The molecular weight excluding hydrogens is 350 g/mol. The predicted molar refractivity (Wildman–Crippen MR) is 111 cm³/mol. The number of aromatic amines is 1. The highest BCUT2D eigenvalue weighted by Gasteiger charge is 2.32. The molecule has 2 aliphatic rings. The van der Waals surface area contributed by atoms with E-state index in [1.807, 2.05) is 24.4 Å². The van der Waals surface area contributed by atoms with E-state index in [0.717, 1.165) is 68.0 Å². The van der Waals surface area contributed by atoms with Gasteiger partial charge in [-0.05, 0) is 43.9 Å². The number of benzene rings is 1. The van der Waals surface area contributed by atoms with Crippen LogP contribution in [0.4, 0.5) is 0 Å². The number of amides is 1. The zero-order valence-electron chi connectivity index (χ0n) is 16.5. The van der Waals surface area contributed by atoms with E-state index < -0.39 is 6.04 Å². The van der Waals surface area contributed by atoms with Crippen molar-refractivity contribution in [2.75, 3.05) is 6.54 Å². The second kappa shape index (κ2) is 8.91. The number of H-pyrrole nitrogens is 1. The van der Waals surface area contributed by atoms with E-state index >= 15 is 0 Å². The highest BCUT2D eigenvalue weighted by Crippen LogP contribution is 2.27. The summed E-state index contributed by atoms with van der Waals surface area (Å²) in [6.45, 7) is 0.877. The van der Waals surface area contributed by atoms with Gasteiger partial charge in [-0.2, -0.15) is 0 Å². The summed E-state index contributed by atoms with van der Waals surface area (Å²) in [5, 5.41) is 7.56. The Morgan fingerprint density at radius 3 is 2.61 bits per heavy atom. The Balaban J connectivity index is 1.53.